The predicted molar refractivity (Wildman–Crippen MR) is 49.7 cm³/mol. The first-order valence-electron chi connectivity index (χ1n) is 4.05. The fraction of sp³-hybridized carbons (Fsp3) is 0.750. The zero-order chi connectivity index (χ0) is 9.72. The molecule has 4 nitrogen and oxygen atoms in total. The summed E-state index contributed by atoms with van der Waals surface area (Å²) in [6.45, 7) is 3.90. The Morgan fingerprint density at radius 1 is 1.58 bits per heavy atom. The molecule has 0 aromatic rings. The molecule has 0 heterocycles. The van der Waals surface area contributed by atoms with Gasteiger partial charge in [-0.1, -0.05) is 13.8 Å². The van der Waals surface area contributed by atoms with E-state index in [0.717, 1.165) is 0 Å². The van der Waals surface area contributed by atoms with Gasteiger partial charge in [-0.3, -0.25) is 0 Å². The van der Waals surface area contributed by atoms with Crippen LogP contribution >= 0.6 is 0 Å². The highest BCUT2D eigenvalue weighted by molar-refractivity contribution is 4.96. The molecule has 4 heteroatoms. The summed E-state index contributed by atoms with van der Waals surface area (Å²) in [5.74, 6) is 5.56. The van der Waals surface area contributed by atoms with Gasteiger partial charge in [0, 0.05) is 25.4 Å². The summed E-state index contributed by atoms with van der Waals surface area (Å²) < 4.78 is 0. The lowest BCUT2D eigenvalue weighted by molar-refractivity contribution is 0.125. The number of hydrogen-bond acceptors (Lipinski definition) is 4. The standard InChI is InChI=1S/C8H19N3O/c1-6(2)8(12)4-7(9)5-11(3)10/h5-6,8,12H,4,9-10H2,1-3H3/b7-5-. The van der Waals surface area contributed by atoms with Crippen molar-refractivity contribution in [2.24, 2.45) is 17.5 Å². The molecule has 12 heavy (non-hydrogen) atoms. The Labute approximate surface area is 73.8 Å². The maximum absolute atomic E-state index is 9.43. The van der Waals surface area contributed by atoms with E-state index < -0.39 is 0 Å². The molecule has 0 aliphatic heterocycles. The summed E-state index contributed by atoms with van der Waals surface area (Å²) in [7, 11) is 1.69. The van der Waals surface area contributed by atoms with Gasteiger partial charge in [-0.05, 0) is 5.92 Å². The molecule has 0 aromatic heterocycles. The van der Waals surface area contributed by atoms with Crippen LogP contribution in [0.3, 0.4) is 0 Å². The maximum atomic E-state index is 9.43. The molecular weight excluding hydrogens is 154 g/mol. The Kier molecular flexibility index (Phi) is 4.70. The second-order valence-electron chi connectivity index (χ2n) is 3.38. The van der Waals surface area contributed by atoms with Crippen LogP contribution in [0, 0.1) is 5.92 Å². The first-order chi connectivity index (χ1) is 5.43. The molecule has 0 saturated heterocycles. The second kappa shape index (κ2) is 5.00. The van der Waals surface area contributed by atoms with Gasteiger partial charge in [0.05, 0.1) is 6.10 Å². The van der Waals surface area contributed by atoms with Crippen LogP contribution in [0.15, 0.2) is 11.9 Å². The molecule has 72 valence electrons. The smallest absolute Gasteiger partial charge is 0.0618 e. The van der Waals surface area contributed by atoms with Gasteiger partial charge >= 0.3 is 0 Å². The van der Waals surface area contributed by atoms with Gasteiger partial charge in [-0.25, -0.2) is 5.84 Å². The van der Waals surface area contributed by atoms with Gasteiger partial charge in [0.15, 0.2) is 0 Å². The van der Waals surface area contributed by atoms with E-state index >= 15 is 0 Å². The van der Waals surface area contributed by atoms with Crippen molar-refractivity contribution in [1.29, 1.82) is 0 Å². The van der Waals surface area contributed by atoms with E-state index in [-0.39, 0.29) is 12.0 Å². The Morgan fingerprint density at radius 3 is 2.42 bits per heavy atom. The van der Waals surface area contributed by atoms with E-state index in [1.54, 1.807) is 13.2 Å². The minimum atomic E-state index is -0.388. The van der Waals surface area contributed by atoms with Gasteiger partial charge in [0.25, 0.3) is 0 Å². The molecule has 0 aliphatic rings. The Morgan fingerprint density at radius 2 is 2.08 bits per heavy atom. The van der Waals surface area contributed by atoms with Crippen LogP contribution < -0.4 is 11.6 Å². The van der Waals surface area contributed by atoms with Gasteiger partial charge in [-0.2, -0.15) is 0 Å². The van der Waals surface area contributed by atoms with Crippen LogP contribution in [0.5, 0.6) is 0 Å². The Balaban J connectivity index is 3.91. The lowest BCUT2D eigenvalue weighted by atomic mass is 10.0. The number of hydrogen-bond donors (Lipinski definition) is 3. The average Bonchev–Trinajstić information content (AvgIpc) is 1.84. The first kappa shape index (κ1) is 11.3. The third-order valence-electron chi connectivity index (χ3n) is 1.58. The van der Waals surface area contributed by atoms with Crippen molar-refractivity contribution in [3.05, 3.63) is 11.9 Å². The summed E-state index contributed by atoms with van der Waals surface area (Å²) in [5.41, 5.74) is 6.19. The van der Waals surface area contributed by atoms with Crippen molar-refractivity contribution >= 4 is 0 Å². The van der Waals surface area contributed by atoms with Crippen molar-refractivity contribution < 1.29 is 5.11 Å². The second-order valence-corrected chi connectivity index (χ2v) is 3.38. The molecule has 0 rings (SSSR count). The Bertz CT molecular complexity index is 154. The summed E-state index contributed by atoms with van der Waals surface area (Å²) in [4.78, 5) is 0. The number of aliphatic hydroxyl groups is 1. The van der Waals surface area contributed by atoms with Crippen LogP contribution in [0.2, 0.25) is 0 Å². The third-order valence-corrected chi connectivity index (χ3v) is 1.58. The molecule has 0 aliphatic carbocycles. The zero-order valence-electron chi connectivity index (χ0n) is 7.99. The third kappa shape index (κ3) is 4.98. The van der Waals surface area contributed by atoms with Crippen molar-refractivity contribution in [2.75, 3.05) is 7.05 Å². The van der Waals surface area contributed by atoms with E-state index in [0.29, 0.717) is 12.1 Å². The van der Waals surface area contributed by atoms with Crippen molar-refractivity contribution in [3.63, 3.8) is 0 Å². The van der Waals surface area contributed by atoms with Crippen molar-refractivity contribution in [3.8, 4) is 0 Å². The normalized spacial score (nSPS) is 15.0. The minimum Gasteiger partial charge on any atom is -0.401 e. The molecule has 0 amide bonds. The first-order valence-corrected chi connectivity index (χ1v) is 4.05. The number of aliphatic hydroxyl groups excluding tert-OH is 1. The summed E-state index contributed by atoms with van der Waals surface area (Å²) >= 11 is 0. The summed E-state index contributed by atoms with van der Waals surface area (Å²) in [5, 5.41) is 10.8. The zero-order valence-corrected chi connectivity index (χ0v) is 7.99. The van der Waals surface area contributed by atoms with Crippen LogP contribution in [-0.2, 0) is 0 Å². The van der Waals surface area contributed by atoms with E-state index in [9.17, 15) is 5.11 Å². The molecule has 0 aromatic carbocycles. The molecule has 0 fully saturated rings. The lowest BCUT2D eigenvalue weighted by Gasteiger charge is -2.15. The number of nitrogens with zero attached hydrogens (tertiary/aromatic N) is 1. The van der Waals surface area contributed by atoms with E-state index in [1.807, 2.05) is 13.8 Å². The van der Waals surface area contributed by atoms with E-state index in [1.165, 1.54) is 5.01 Å². The highest BCUT2D eigenvalue weighted by atomic mass is 16.3. The fourth-order valence-electron chi connectivity index (χ4n) is 0.791. The van der Waals surface area contributed by atoms with Gasteiger partial charge in [0.2, 0.25) is 0 Å². The number of rotatable bonds is 4. The summed E-state index contributed by atoms with van der Waals surface area (Å²) in [6, 6.07) is 0. The van der Waals surface area contributed by atoms with Gasteiger partial charge in [0.1, 0.15) is 0 Å². The van der Waals surface area contributed by atoms with E-state index in [4.69, 9.17) is 11.6 Å². The molecular formula is C8H19N3O. The molecule has 1 atom stereocenters. The average molecular weight is 173 g/mol. The minimum absolute atomic E-state index is 0.222. The van der Waals surface area contributed by atoms with Crippen molar-refractivity contribution in [1.82, 2.24) is 5.01 Å². The molecule has 0 bridgehead atoms. The highest BCUT2D eigenvalue weighted by Gasteiger charge is 2.09. The lowest BCUT2D eigenvalue weighted by Crippen LogP contribution is -2.23. The van der Waals surface area contributed by atoms with Gasteiger partial charge < -0.3 is 15.8 Å². The molecule has 0 radical (unpaired) electrons. The number of nitrogens with two attached hydrogens (primary N) is 2. The molecule has 0 spiro atoms. The highest BCUT2D eigenvalue weighted by Crippen LogP contribution is 2.08. The Hall–Kier alpha value is -0.740. The largest absolute Gasteiger partial charge is 0.401 e. The van der Waals surface area contributed by atoms with Crippen LogP contribution in [0.4, 0.5) is 0 Å². The van der Waals surface area contributed by atoms with Crippen LogP contribution in [0.1, 0.15) is 20.3 Å². The van der Waals surface area contributed by atoms with Crippen molar-refractivity contribution in [2.45, 2.75) is 26.4 Å². The van der Waals surface area contributed by atoms with Crippen LogP contribution in [0.25, 0.3) is 0 Å². The van der Waals surface area contributed by atoms with E-state index in [2.05, 4.69) is 0 Å². The molecule has 1 unspecified atom stereocenters. The predicted octanol–water partition coefficient (Wildman–Crippen LogP) is -0.001000. The summed E-state index contributed by atoms with van der Waals surface area (Å²) in [6.07, 6.45) is 1.69. The number of hydrazine groups is 1. The van der Waals surface area contributed by atoms with Crippen LogP contribution in [-0.4, -0.2) is 23.3 Å². The monoisotopic (exact) mass is 173 g/mol. The maximum Gasteiger partial charge on any atom is 0.0618 e. The fourth-order valence-corrected chi connectivity index (χ4v) is 0.791. The molecule has 5 N–H and O–H groups in total. The SMILES string of the molecule is CC(C)C(O)C/C(N)=C/N(C)N. The quantitative estimate of drug-likeness (QED) is 0.413. The molecule has 0 saturated carbocycles. The van der Waals surface area contributed by atoms with Gasteiger partial charge in [-0.15, -0.1) is 0 Å². The topological polar surface area (TPSA) is 75.5 Å².